The van der Waals surface area contributed by atoms with Crippen LogP contribution >= 0.6 is 15.9 Å². The number of rotatable bonds is 2. The summed E-state index contributed by atoms with van der Waals surface area (Å²) >= 11 is 3.18. The van der Waals surface area contributed by atoms with Gasteiger partial charge in [-0.1, -0.05) is 15.9 Å². The van der Waals surface area contributed by atoms with Crippen LogP contribution in [0.25, 0.3) is 0 Å². The Morgan fingerprint density at radius 1 is 1.53 bits per heavy atom. The van der Waals surface area contributed by atoms with E-state index >= 15 is 0 Å². The van der Waals surface area contributed by atoms with E-state index in [1.165, 1.54) is 6.07 Å². The average molecular weight is 272 g/mol. The van der Waals surface area contributed by atoms with Gasteiger partial charge in [-0.2, -0.15) is 0 Å². The number of nitrogens with two attached hydrogens (primary N) is 1. The number of nitrogens with zero attached hydrogens (tertiary/aromatic N) is 1. The van der Waals surface area contributed by atoms with E-state index in [9.17, 15) is 4.39 Å². The van der Waals surface area contributed by atoms with E-state index in [1.807, 2.05) is 0 Å². The molecule has 1 aromatic carbocycles. The maximum Gasteiger partial charge on any atom is 0.193 e. The van der Waals surface area contributed by atoms with Crippen molar-refractivity contribution in [3.05, 3.63) is 28.5 Å². The van der Waals surface area contributed by atoms with Crippen LogP contribution in [0.2, 0.25) is 0 Å². The fraction of sp³-hybridized carbons (Fsp3) is 0.300. The molecule has 15 heavy (non-hydrogen) atoms. The second kappa shape index (κ2) is 4.18. The third-order valence-corrected chi connectivity index (χ3v) is 2.56. The maximum absolute atomic E-state index is 13.4. The quantitative estimate of drug-likeness (QED) is 0.642. The van der Waals surface area contributed by atoms with E-state index in [4.69, 9.17) is 5.73 Å². The summed E-state index contributed by atoms with van der Waals surface area (Å²) in [7, 11) is 0. The van der Waals surface area contributed by atoms with Crippen LogP contribution in [0, 0.1) is 5.82 Å². The van der Waals surface area contributed by atoms with Crippen LogP contribution in [0.5, 0.6) is 0 Å². The molecular formula is C10H11BrFN3. The van der Waals surface area contributed by atoms with Gasteiger partial charge >= 0.3 is 0 Å². The van der Waals surface area contributed by atoms with Crippen LogP contribution < -0.4 is 11.1 Å². The molecule has 3 N–H and O–H groups in total. The van der Waals surface area contributed by atoms with Crippen LogP contribution in [0.1, 0.15) is 12.8 Å². The molecule has 0 unspecified atom stereocenters. The fourth-order valence-electron chi connectivity index (χ4n) is 1.16. The molecule has 0 spiro atoms. The van der Waals surface area contributed by atoms with Gasteiger partial charge in [-0.3, -0.25) is 0 Å². The zero-order valence-electron chi connectivity index (χ0n) is 8.00. The Bertz CT molecular complexity index is 402. The minimum atomic E-state index is -0.349. The van der Waals surface area contributed by atoms with Crippen LogP contribution in [0.3, 0.4) is 0 Å². The number of halogens is 2. The SMILES string of the molecule is NC(=NC1CC1)Nc1ccc(Br)cc1F. The molecule has 0 aliphatic heterocycles. The lowest BCUT2D eigenvalue weighted by molar-refractivity contribution is 0.631. The number of aliphatic imine (C=N–C) groups is 1. The second-order valence-corrected chi connectivity index (χ2v) is 4.41. The summed E-state index contributed by atoms with van der Waals surface area (Å²) < 4.78 is 14.1. The molecule has 0 bridgehead atoms. The van der Waals surface area contributed by atoms with Crippen molar-refractivity contribution in [2.45, 2.75) is 18.9 Å². The summed E-state index contributed by atoms with van der Waals surface area (Å²) in [6, 6.07) is 5.08. The van der Waals surface area contributed by atoms with Gasteiger partial charge in [0, 0.05) is 4.47 Å². The summed E-state index contributed by atoms with van der Waals surface area (Å²) in [6.07, 6.45) is 2.15. The Morgan fingerprint density at radius 3 is 2.87 bits per heavy atom. The number of hydrogen-bond donors (Lipinski definition) is 2. The van der Waals surface area contributed by atoms with Crippen LogP contribution in [-0.2, 0) is 0 Å². The zero-order chi connectivity index (χ0) is 10.8. The molecule has 1 aromatic rings. The first kappa shape index (κ1) is 10.4. The minimum Gasteiger partial charge on any atom is -0.370 e. The monoisotopic (exact) mass is 271 g/mol. The lowest BCUT2D eigenvalue weighted by Gasteiger charge is -2.06. The molecule has 1 saturated carbocycles. The molecule has 80 valence electrons. The highest BCUT2D eigenvalue weighted by Crippen LogP contribution is 2.24. The van der Waals surface area contributed by atoms with E-state index in [2.05, 4.69) is 26.2 Å². The third-order valence-electron chi connectivity index (χ3n) is 2.06. The molecule has 1 aliphatic carbocycles. The standard InChI is InChI=1S/C10H11BrFN3/c11-6-1-4-9(8(12)5-6)15-10(13)14-7-2-3-7/h1,4-5,7H,2-3H2,(H3,13,14,15). The second-order valence-electron chi connectivity index (χ2n) is 3.49. The highest BCUT2D eigenvalue weighted by atomic mass is 79.9. The van der Waals surface area contributed by atoms with Gasteiger partial charge < -0.3 is 11.1 Å². The van der Waals surface area contributed by atoms with E-state index < -0.39 is 0 Å². The molecule has 0 amide bonds. The van der Waals surface area contributed by atoms with Crippen molar-refractivity contribution in [1.29, 1.82) is 0 Å². The smallest absolute Gasteiger partial charge is 0.193 e. The number of benzene rings is 1. The summed E-state index contributed by atoms with van der Waals surface area (Å²) in [5, 5.41) is 2.74. The third kappa shape index (κ3) is 2.92. The first-order chi connectivity index (χ1) is 7.15. The van der Waals surface area contributed by atoms with Crippen molar-refractivity contribution in [3.63, 3.8) is 0 Å². The molecule has 0 saturated heterocycles. The van der Waals surface area contributed by atoms with Crippen LogP contribution in [-0.4, -0.2) is 12.0 Å². The number of guanidine groups is 1. The Labute approximate surface area is 95.7 Å². The van der Waals surface area contributed by atoms with E-state index in [1.54, 1.807) is 12.1 Å². The van der Waals surface area contributed by atoms with Gasteiger partial charge in [0.15, 0.2) is 5.96 Å². The summed E-state index contributed by atoms with van der Waals surface area (Å²) in [4.78, 5) is 4.15. The molecule has 1 fully saturated rings. The topological polar surface area (TPSA) is 50.4 Å². The Morgan fingerprint density at radius 2 is 2.27 bits per heavy atom. The summed E-state index contributed by atoms with van der Waals surface area (Å²) in [5.74, 6) is -0.0722. The summed E-state index contributed by atoms with van der Waals surface area (Å²) in [5.41, 5.74) is 5.96. The molecule has 0 atom stereocenters. The maximum atomic E-state index is 13.4. The highest BCUT2D eigenvalue weighted by Gasteiger charge is 2.20. The fourth-order valence-corrected chi connectivity index (χ4v) is 1.49. The normalized spacial score (nSPS) is 16.5. The predicted octanol–water partition coefficient (Wildman–Crippen LogP) is 2.48. The molecule has 3 nitrogen and oxygen atoms in total. The van der Waals surface area contributed by atoms with Crippen molar-refractivity contribution in [1.82, 2.24) is 0 Å². The Kier molecular flexibility index (Phi) is 2.90. The summed E-state index contributed by atoms with van der Waals surface area (Å²) in [6.45, 7) is 0. The van der Waals surface area contributed by atoms with Crippen LogP contribution in [0.15, 0.2) is 27.7 Å². The molecule has 5 heteroatoms. The van der Waals surface area contributed by atoms with Gasteiger partial charge in [0.05, 0.1) is 11.7 Å². The molecule has 0 heterocycles. The number of nitrogens with one attached hydrogen (secondary N) is 1. The number of hydrogen-bond acceptors (Lipinski definition) is 1. The largest absolute Gasteiger partial charge is 0.370 e. The lowest BCUT2D eigenvalue weighted by atomic mass is 10.3. The first-order valence-corrected chi connectivity index (χ1v) is 5.50. The van der Waals surface area contributed by atoms with Crippen molar-refractivity contribution in [2.75, 3.05) is 5.32 Å². The van der Waals surface area contributed by atoms with Gasteiger partial charge in [-0.15, -0.1) is 0 Å². The van der Waals surface area contributed by atoms with E-state index in [0.717, 1.165) is 12.8 Å². The van der Waals surface area contributed by atoms with E-state index in [-0.39, 0.29) is 11.8 Å². The lowest BCUT2D eigenvalue weighted by Crippen LogP contribution is -2.23. The zero-order valence-corrected chi connectivity index (χ0v) is 9.59. The van der Waals surface area contributed by atoms with Gasteiger partial charge in [-0.25, -0.2) is 9.38 Å². The van der Waals surface area contributed by atoms with Gasteiger partial charge in [-0.05, 0) is 31.0 Å². The molecule has 1 aliphatic rings. The molecule has 2 rings (SSSR count). The van der Waals surface area contributed by atoms with E-state index in [0.29, 0.717) is 16.2 Å². The van der Waals surface area contributed by atoms with Crippen molar-refractivity contribution in [3.8, 4) is 0 Å². The minimum absolute atomic E-state index is 0.277. The molecular weight excluding hydrogens is 261 g/mol. The first-order valence-electron chi connectivity index (χ1n) is 4.70. The Hall–Kier alpha value is -1.10. The predicted molar refractivity (Wildman–Crippen MR) is 62.4 cm³/mol. The molecule has 0 aromatic heterocycles. The van der Waals surface area contributed by atoms with Gasteiger partial charge in [0.2, 0.25) is 0 Å². The molecule has 0 radical (unpaired) electrons. The van der Waals surface area contributed by atoms with Crippen LogP contribution in [0.4, 0.5) is 10.1 Å². The van der Waals surface area contributed by atoms with Gasteiger partial charge in [0.25, 0.3) is 0 Å². The average Bonchev–Trinajstić information content (AvgIpc) is 2.94. The Balaban J connectivity index is 2.09. The van der Waals surface area contributed by atoms with Crippen molar-refractivity contribution < 1.29 is 4.39 Å². The van der Waals surface area contributed by atoms with Gasteiger partial charge in [0.1, 0.15) is 5.82 Å². The highest BCUT2D eigenvalue weighted by molar-refractivity contribution is 9.10. The van der Waals surface area contributed by atoms with Crippen molar-refractivity contribution >= 4 is 27.6 Å². The number of anilines is 1. The van der Waals surface area contributed by atoms with Crippen molar-refractivity contribution in [2.24, 2.45) is 10.7 Å².